The topological polar surface area (TPSA) is 3.24 Å². The molecule has 0 atom stereocenters. The van der Waals surface area contributed by atoms with Gasteiger partial charge < -0.3 is 4.90 Å². The summed E-state index contributed by atoms with van der Waals surface area (Å²) in [7, 11) is 0. The van der Waals surface area contributed by atoms with Crippen molar-refractivity contribution >= 4 is 15.9 Å². The molecule has 1 aliphatic heterocycles. The predicted octanol–water partition coefficient (Wildman–Crippen LogP) is 2.82. The minimum Gasteiger partial charge on any atom is -0.455 e. The van der Waals surface area contributed by atoms with E-state index in [1.807, 2.05) is 17.9 Å². The summed E-state index contributed by atoms with van der Waals surface area (Å²) < 4.78 is 1.05. The van der Waals surface area contributed by atoms with Crippen LogP contribution in [0.4, 0.5) is 0 Å². The summed E-state index contributed by atoms with van der Waals surface area (Å²) in [6, 6.07) is 0. The number of hydrogen-bond donors (Lipinski definition) is 0. The van der Waals surface area contributed by atoms with Gasteiger partial charge in [-0.05, 0) is 13.5 Å². The molecule has 0 fully saturated rings. The van der Waals surface area contributed by atoms with Crippen LogP contribution in [-0.2, 0) is 32.7 Å². The Bertz CT molecular complexity index is 243. The minimum absolute atomic E-state index is 0. The zero-order valence-corrected chi connectivity index (χ0v) is 11.8. The molecule has 0 bridgehead atoms. The van der Waals surface area contributed by atoms with E-state index in [0.29, 0.717) is 0 Å². The Kier molecular flexibility index (Phi) is 5.63. The van der Waals surface area contributed by atoms with Crippen LogP contribution in [0.3, 0.4) is 0 Å². The minimum atomic E-state index is 0. The molecule has 0 aromatic rings. The number of halogens is 1. The van der Waals surface area contributed by atoms with E-state index in [0.717, 1.165) is 22.3 Å². The van der Waals surface area contributed by atoms with Crippen LogP contribution in [0.1, 0.15) is 13.8 Å². The molecule has 0 aliphatic carbocycles. The van der Waals surface area contributed by atoms with Gasteiger partial charge in [0.05, 0.1) is 0 Å². The monoisotopic (exact) mass is 301 g/mol. The number of allylic oxidation sites excluding steroid dienone is 3. The summed E-state index contributed by atoms with van der Waals surface area (Å²) in [5.41, 5.74) is 2.12. The molecule has 1 aliphatic rings. The van der Waals surface area contributed by atoms with E-state index in [1.54, 1.807) is 0 Å². The molecule has 0 unspecified atom stereocenters. The first-order chi connectivity index (χ1) is 5.15. The van der Waals surface area contributed by atoms with Crippen LogP contribution in [-0.4, -0.2) is 11.4 Å². The molecule has 0 saturated carbocycles. The van der Waals surface area contributed by atoms with E-state index in [9.17, 15) is 0 Å². The van der Waals surface area contributed by atoms with Gasteiger partial charge in [0.15, 0.2) is 0 Å². The van der Waals surface area contributed by atoms with Crippen LogP contribution < -0.4 is 0 Å². The molecular formula is C9H11BrNY-. The molecule has 0 aromatic heterocycles. The third-order valence-corrected chi connectivity index (χ3v) is 2.26. The summed E-state index contributed by atoms with van der Waals surface area (Å²) in [5, 5.41) is 0. The maximum atomic E-state index is 3.92. The number of nitrogens with zero attached hydrogens (tertiary/aromatic N) is 1. The van der Waals surface area contributed by atoms with Crippen LogP contribution in [0.25, 0.3) is 0 Å². The standard InChI is InChI=1S/C9H11BrN.Y/c1-4-11-6-7(2)5-9(10)8(11)3;/h5H,3-4H2,1-2H3;/q-1;. The molecule has 0 N–H and O–H groups in total. The van der Waals surface area contributed by atoms with E-state index in [2.05, 4.69) is 35.6 Å². The first kappa shape index (κ1) is 12.6. The Morgan fingerprint density at radius 2 is 2.25 bits per heavy atom. The molecule has 1 heterocycles. The van der Waals surface area contributed by atoms with E-state index >= 15 is 0 Å². The SMILES string of the molecule is C=C1C(Br)=CC(C)=[C-]N1CC.[Y]. The van der Waals surface area contributed by atoms with Crippen molar-refractivity contribution in [3.63, 3.8) is 0 Å². The number of rotatable bonds is 1. The number of likely N-dealkylation sites (N-methyl/N-ethyl adjacent to an activating group) is 1. The molecule has 0 spiro atoms. The van der Waals surface area contributed by atoms with Gasteiger partial charge >= 0.3 is 0 Å². The quantitative estimate of drug-likeness (QED) is 0.673. The summed E-state index contributed by atoms with van der Waals surface area (Å²) >= 11 is 3.43. The van der Waals surface area contributed by atoms with Gasteiger partial charge in [0.1, 0.15) is 0 Å². The fourth-order valence-electron chi connectivity index (χ4n) is 0.985. The van der Waals surface area contributed by atoms with E-state index in [4.69, 9.17) is 0 Å². The van der Waals surface area contributed by atoms with Crippen molar-refractivity contribution < 1.29 is 32.7 Å². The van der Waals surface area contributed by atoms with Gasteiger partial charge in [-0.2, -0.15) is 6.08 Å². The Morgan fingerprint density at radius 3 is 2.75 bits per heavy atom. The van der Waals surface area contributed by atoms with Crippen molar-refractivity contribution in [3.8, 4) is 0 Å². The zero-order chi connectivity index (χ0) is 8.43. The van der Waals surface area contributed by atoms with E-state index in [1.165, 1.54) is 0 Å². The molecule has 3 heteroatoms. The van der Waals surface area contributed by atoms with Crippen LogP contribution in [0.15, 0.2) is 28.4 Å². The second-order valence-corrected chi connectivity index (χ2v) is 3.33. The molecule has 1 nitrogen and oxygen atoms in total. The maximum absolute atomic E-state index is 3.92. The Hall–Kier alpha value is 0.604. The largest absolute Gasteiger partial charge is 0.455 e. The molecule has 1 rings (SSSR count). The third kappa shape index (κ3) is 2.83. The van der Waals surface area contributed by atoms with Gasteiger partial charge in [0, 0.05) is 32.7 Å². The number of hydrogen-bond acceptors (Lipinski definition) is 1. The van der Waals surface area contributed by atoms with E-state index < -0.39 is 0 Å². The molecule has 1 radical (unpaired) electrons. The summed E-state index contributed by atoms with van der Waals surface area (Å²) in [6.07, 6.45) is 5.21. The summed E-state index contributed by atoms with van der Waals surface area (Å²) in [6.45, 7) is 8.94. The second-order valence-electron chi connectivity index (χ2n) is 2.48. The molecule has 63 valence electrons. The predicted molar refractivity (Wildman–Crippen MR) is 51.0 cm³/mol. The van der Waals surface area contributed by atoms with Crippen LogP contribution in [0.2, 0.25) is 0 Å². The fourth-order valence-corrected chi connectivity index (χ4v) is 1.54. The summed E-state index contributed by atoms with van der Waals surface area (Å²) in [5.74, 6) is 0. The smallest absolute Gasteiger partial charge is 0 e. The average Bonchev–Trinajstić information content (AvgIpc) is 1.96. The van der Waals surface area contributed by atoms with Crippen molar-refractivity contribution in [3.05, 3.63) is 34.6 Å². The Balaban J connectivity index is 0.00000121. The van der Waals surface area contributed by atoms with Gasteiger partial charge in [-0.1, -0.05) is 39.2 Å². The molecule has 0 saturated heterocycles. The third-order valence-electron chi connectivity index (χ3n) is 1.57. The van der Waals surface area contributed by atoms with Gasteiger partial charge in [-0.3, -0.25) is 0 Å². The van der Waals surface area contributed by atoms with Crippen molar-refractivity contribution in [2.45, 2.75) is 13.8 Å². The van der Waals surface area contributed by atoms with Crippen LogP contribution in [0.5, 0.6) is 0 Å². The Labute approximate surface area is 108 Å². The first-order valence-electron chi connectivity index (χ1n) is 3.59. The van der Waals surface area contributed by atoms with E-state index in [-0.39, 0.29) is 32.7 Å². The Morgan fingerprint density at radius 1 is 1.67 bits per heavy atom. The van der Waals surface area contributed by atoms with Crippen molar-refractivity contribution in [2.75, 3.05) is 6.54 Å². The van der Waals surface area contributed by atoms with Gasteiger partial charge in [-0.15, -0.1) is 12.2 Å². The maximum Gasteiger partial charge on any atom is 0 e. The zero-order valence-electron chi connectivity index (χ0n) is 7.39. The second kappa shape index (κ2) is 5.36. The van der Waals surface area contributed by atoms with Gasteiger partial charge in [0.25, 0.3) is 0 Å². The normalized spacial score (nSPS) is 16.6. The summed E-state index contributed by atoms with van der Waals surface area (Å²) in [4.78, 5) is 2.00. The van der Waals surface area contributed by atoms with Crippen LogP contribution >= 0.6 is 15.9 Å². The molecule has 12 heavy (non-hydrogen) atoms. The average molecular weight is 302 g/mol. The molecule has 0 amide bonds. The van der Waals surface area contributed by atoms with Gasteiger partial charge in [-0.25, -0.2) is 0 Å². The fraction of sp³-hybridized carbons (Fsp3) is 0.333. The van der Waals surface area contributed by atoms with Crippen molar-refractivity contribution in [1.82, 2.24) is 4.90 Å². The van der Waals surface area contributed by atoms with Crippen LogP contribution in [0, 0.1) is 6.20 Å². The first-order valence-corrected chi connectivity index (χ1v) is 4.38. The molecular weight excluding hydrogens is 291 g/mol. The van der Waals surface area contributed by atoms with Gasteiger partial charge in [0.2, 0.25) is 0 Å². The van der Waals surface area contributed by atoms with Crippen molar-refractivity contribution in [2.24, 2.45) is 0 Å². The molecule has 0 aromatic carbocycles. The van der Waals surface area contributed by atoms with Crippen molar-refractivity contribution in [1.29, 1.82) is 0 Å².